The summed E-state index contributed by atoms with van der Waals surface area (Å²) >= 11 is 1.87. The van der Waals surface area contributed by atoms with Crippen LogP contribution < -0.4 is 0 Å². The van der Waals surface area contributed by atoms with Crippen molar-refractivity contribution in [2.24, 2.45) is 0 Å². The van der Waals surface area contributed by atoms with Crippen LogP contribution in [-0.4, -0.2) is 35.1 Å². The Bertz CT molecular complexity index is 572. The van der Waals surface area contributed by atoms with Crippen molar-refractivity contribution < 1.29 is 14.3 Å². The molecule has 0 saturated carbocycles. The second-order valence-electron chi connectivity index (χ2n) is 3.07. The van der Waals surface area contributed by atoms with Gasteiger partial charge in [0, 0.05) is 6.20 Å². The van der Waals surface area contributed by atoms with Gasteiger partial charge in [0.2, 0.25) is 5.88 Å². The van der Waals surface area contributed by atoms with Gasteiger partial charge in [-0.1, -0.05) is 22.6 Å². The monoisotopic (exact) mass is 348 g/mol. The van der Waals surface area contributed by atoms with Crippen LogP contribution in [0.5, 0.6) is 5.88 Å². The van der Waals surface area contributed by atoms with Gasteiger partial charge >= 0.3 is 0 Å². The number of hydrogen-bond acceptors (Lipinski definition) is 5. The van der Waals surface area contributed by atoms with Gasteiger partial charge in [0.05, 0.1) is 22.4 Å². The van der Waals surface area contributed by atoms with E-state index >= 15 is 0 Å². The van der Waals surface area contributed by atoms with E-state index in [0.29, 0.717) is 0 Å². The summed E-state index contributed by atoms with van der Waals surface area (Å²) in [4.78, 5) is 18.9. The van der Waals surface area contributed by atoms with Gasteiger partial charge < -0.3 is 5.11 Å². The topological polar surface area (TPSA) is 80.9 Å². The molecule has 0 aliphatic rings. The highest BCUT2D eigenvalue weighted by Crippen LogP contribution is 2.15. The zero-order valence-corrected chi connectivity index (χ0v) is 10.5. The normalized spacial score (nSPS) is 10.5. The van der Waals surface area contributed by atoms with E-state index in [1.807, 2.05) is 22.6 Å². The van der Waals surface area contributed by atoms with E-state index in [9.17, 15) is 14.3 Å². The maximum absolute atomic E-state index is 12.7. The van der Waals surface area contributed by atoms with E-state index in [2.05, 4.69) is 15.1 Å². The van der Waals surface area contributed by atoms with Crippen molar-refractivity contribution >= 4 is 28.4 Å². The number of hydrogen-bond donors (Lipinski definition) is 1. The summed E-state index contributed by atoms with van der Waals surface area (Å²) in [5.74, 6) is -1.26. The fraction of sp³-hybridized carbons (Fsp3) is 0.111. The molecule has 0 aliphatic carbocycles. The minimum Gasteiger partial charge on any atom is -0.493 e. The lowest BCUT2D eigenvalue weighted by Gasteiger charge is -2.02. The summed E-state index contributed by atoms with van der Waals surface area (Å²) in [7, 11) is 0. The SMILES string of the molecule is O=C(CI)c1cnc(-n2cc(F)cn2)nc1O. The molecular weight excluding hydrogens is 342 g/mol. The van der Waals surface area contributed by atoms with Gasteiger partial charge in [0.1, 0.15) is 0 Å². The van der Waals surface area contributed by atoms with Gasteiger partial charge in [-0.2, -0.15) is 10.1 Å². The van der Waals surface area contributed by atoms with Gasteiger partial charge in [-0.25, -0.2) is 14.1 Å². The molecule has 0 amide bonds. The lowest BCUT2D eigenvalue weighted by Crippen LogP contribution is -2.07. The second-order valence-corrected chi connectivity index (χ2v) is 3.83. The van der Waals surface area contributed by atoms with E-state index in [-0.39, 0.29) is 21.7 Å². The molecular formula is C9H6FIN4O2. The van der Waals surface area contributed by atoms with Crippen LogP contribution >= 0.6 is 22.6 Å². The number of carbonyl (C=O) groups is 1. The number of Topliss-reactive ketones (excluding diaryl/α,β-unsaturated/α-hetero) is 1. The largest absolute Gasteiger partial charge is 0.493 e. The molecule has 0 aliphatic heterocycles. The summed E-state index contributed by atoms with van der Waals surface area (Å²) in [6.45, 7) is 0. The van der Waals surface area contributed by atoms with Crippen LogP contribution in [0, 0.1) is 5.82 Å². The average molecular weight is 348 g/mol. The van der Waals surface area contributed by atoms with Crippen LogP contribution in [0.15, 0.2) is 18.6 Å². The number of halogens is 2. The first-order valence-corrected chi connectivity index (χ1v) is 6.00. The summed E-state index contributed by atoms with van der Waals surface area (Å²) in [5.41, 5.74) is 0.0378. The number of alkyl halides is 1. The third-order valence-corrected chi connectivity index (χ3v) is 2.63. The Balaban J connectivity index is 2.40. The molecule has 2 heterocycles. The van der Waals surface area contributed by atoms with E-state index < -0.39 is 11.7 Å². The van der Waals surface area contributed by atoms with Crippen LogP contribution in [0.4, 0.5) is 4.39 Å². The quantitative estimate of drug-likeness (QED) is 0.511. The van der Waals surface area contributed by atoms with Crippen molar-refractivity contribution in [1.29, 1.82) is 0 Å². The molecule has 0 spiro atoms. The molecule has 0 saturated heterocycles. The van der Waals surface area contributed by atoms with Crippen molar-refractivity contribution in [2.75, 3.05) is 4.43 Å². The Morgan fingerprint density at radius 1 is 1.53 bits per heavy atom. The van der Waals surface area contributed by atoms with E-state index in [1.54, 1.807) is 0 Å². The molecule has 0 fully saturated rings. The Kier molecular flexibility index (Phi) is 3.31. The number of carbonyl (C=O) groups excluding carboxylic acids is 1. The molecule has 0 unspecified atom stereocenters. The van der Waals surface area contributed by atoms with E-state index in [4.69, 9.17) is 0 Å². The van der Waals surface area contributed by atoms with Crippen LogP contribution in [-0.2, 0) is 0 Å². The Hall–Kier alpha value is -1.58. The van der Waals surface area contributed by atoms with Crippen molar-refractivity contribution in [3.63, 3.8) is 0 Å². The summed E-state index contributed by atoms with van der Waals surface area (Å²) < 4.78 is 14.0. The summed E-state index contributed by atoms with van der Waals surface area (Å²) in [5, 5.41) is 13.2. The number of nitrogens with zero attached hydrogens (tertiary/aromatic N) is 4. The maximum atomic E-state index is 12.7. The number of rotatable bonds is 3. The zero-order chi connectivity index (χ0) is 12.4. The molecule has 0 aromatic carbocycles. The molecule has 6 nitrogen and oxygen atoms in total. The Labute approximate surface area is 109 Å². The molecule has 88 valence electrons. The predicted octanol–water partition coefficient (Wildman–Crippen LogP) is 1.12. The van der Waals surface area contributed by atoms with Crippen molar-refractivity contribution in [3.05, 3.63) is 30.0 Å². The highest BCUT2D eigenvalue weighted by Gasteiger charge is 2.14. The highest BCUT2D eigenvalue weighted by atomic mass is 127. The standard InChI is InChI=1S/C9H6FIN4O2/c10-5-2-13-15(4-5)9-12-3-6(7(16)1-11)8(17)14-9/h2-4H,1H2,(H,12,14,17). The number of aromatic nitrogens is 4. The Morgan fingerprint density at radius 2 is 2.29 bits per heavy atom. The highest BCUT2D eigenvalue weighted by molar-refractivity contribution is 14.1. The molecule has 2 rings (SSSR count). The van der Waals surface area contributed by atoms with E-state index in [1.165, 1.54) is 6.20 Å². The molecule has 2 aromatic heterocycles. The molecule has 1 N–H and O–H groups in total. The van der Waals surface area contributed by atoms with Gasteiger partial charge in [-0.15, -0.1) is 0 Å². The van der Waals surface area contributed by atoms with Gasteiger partial charge in [0.25, 0.3) is 5.95 Å². The third-order valence-electron chi connectivity index (χ3n) is 1.93. The lowest BCUT2D eigenvalue weighted by molar-refractivity contribution is 0.102. The minimum atomic E-state index is -0.541. The fourth-order valence-electron chi connectivity index (χ4n) is 1.15. The van der Waals surface area contributed by atoms with Crippen LogP contribution in [0.25, 0.3) is 5.95 Å². The molecule has 8 heteroatoms. The summed E-state index contributed by atoms with van der Waals surface area (Å²) in [6, 6.07) is 0. The van der Waals surface area contributed by atoms with Crippen LogP contribution in [0.3, 0.4) is 0 Å². The van der Waals surface area contributed by atoms with Crippen LogP contribution in [0.2, 0.25) is 0 Å². The van der Waals surface area contributed by atoms with Gasteiger partial charge in [-0.05, 0) is 0 Å². The fourth-order valence-corrected chi connectivity index (χ4v) is 1.56. The van der Waals surface area contributed by atoms with E-state index in [0.717, 1.165) is 17.1 Å². The first kappa shape index (κ1) is 11.9. The molecule has 2 aromatic rings. The average Bonchev–Trinajstić information content (AvgIpc) is 2.75. The molecule has 17 heavy (non-hydrogen) atoms. The minimum absolute atomic E-state index is 0.00333. The maximum Gasteiger partial charge on any atom is 0.253 e. The van der Waals surface area contributed by atoms with Crippen molar-refractivity contribution in [3.8, 4) is 11.8 Å². The molecule has 0 bridgehead atoms. The summed E-state index contributed by atoms with van der Waals surface area (Å²) in [6.07, 6.45) is 3.25. The first-order chi connectivity index (χ1) is 8.11. The first-order valence-electron chi connectivity index (χ1n) is 4.47. The third kappa shape index (κ3) is 2.40. The van der Waals surface area contributed by atoms with Gasteiger partial charge in [-0.3, -0.25) is 4.79 Å². The zero-order valence-electron chi connectivity index (χ0n) is 8.34. The molecule has 0 radical (unpaired) electrons. The van der Waals surface area contributed by atoms with Crippen molar-refractivity contribution in [2.45, 2.75) is 0 Å². The van der Waals surface area contributed by atoms with Gasteiger partial charge in [0.15, 0.2) is 11.6 Å². The predicted molar refractivity (Wildman–Crippen MR) is 64.0 cm³/mol. The smallest absolute Gasteiger partial charge is 0.253 e. The number of aromatic hydroxyl groups is 1. The Morgan fingerprint density at radius 3 is 2.82 bits per heavy atom. The lowest BCUT2D eigenvalue weighted by atomic mass is 10.2. The van der Waals surface area contributed by atoms with Crippen LogP contribution in [0.1, 0.15) is 10.4 Å². The second kappa shape index (κ2) is 4.73. The molecule has 0 atom stereocenters. The number of ketones is 1. The van der Waals surface area contributed by atoms with Crippen molar-refractivity contribution in [1.82, 2.24) is 19.7 Å².